The van der Waals surface area contributed by atoms with Crippen molar-refractivity contribution in [1.82, 2.24) is 10.2 Å². The number of fused-ring (bicyclic) bond motifs is 2. The highest BCUT2D eigenvalue weighted by Crippen LogP contribution is 2.32. The van der Waals surface area contributed by atoms with Crippen LogP contribution in [0.25, 0.3) is 0 Å². The molecule has 1 aromatic rings. The highest BCUT2D eigenvalue weighted by molar-refractivity contribution is 5.76. The quantitative estimate of drug-likeness (QED) is 0.839. The van der Waals surface area contributed by atoms with E-state index in [1.807, 2.05) is 24.3 Å². The number of benzene rings is 1. The minimum atomic E-state index is 0.163. The van der Waals surface area contributed by atoms with Crippen LogP contribution < -0.4 is 11.1 Å². The second-order valence-electron chi connectivity index (χ2n) is 6.84. The van der Waals surface area contributed by atoms with Gasteiger partial charge in [-0.2, -0.15) is 0 Å². The second kappa shape index (κ2) is 6.69. The van der Waals surface area contributed by atoms with Crippen LogP contribution in [-0.4, -0.2) is 36.0 Å². The number of piperidine rings is 2. The standard InChI is InChI=1S/C18H27N3O/c1-21-15-6-4-7-16(21)12-14(11-15)20-18(22)10-9-13-5-2-3-8-17(13)19/h2-3,5,8,14-16H,4,6-7,9-12,19H2,1H3,(H,20,22). The van der Waals surface area contributed by atoms with Crippen LogP contribution in [0.4, 0.5) is 5.69 Å². The average molecular weight is 301 g/mol. The van der Waals surface area contributed by atoms with Crippen molar-refractivity contribution in [3.05, 3.63) is 29.8 Å². The zero-order valence-corrected chi connectivity index (χ0v) is 13.4. The van der Waals surface area contributed by atoms with Gasteiger partial charge in [0.15, 0.2) is 0 Å². The van der Waals surface area contributed by atoms with E-state index >= 15 is 0 Å². The van der Waals surface area contributed by atoms with Gasteiger partial charge >= 0.3 is 0 Å². The number of nitrogens with zero attached hydrogens (tertiary/aromatic N) is 1. The third-order valence-electron chi connectivity index (χ3n) is 5.38. The Bertz CT molecular complexity index is 517. The lowest BCUT2D eigenvalue weighted by Gasteiger charge is -2.47. The SMILES string of the molecule is CN1C2CCCC1CC(NC(=O)CCc1ccccc1N)C2. The maximum atomic E-state index is 12.2. The van der Waals surface area contributed by atoms with Gasteiger partial charge in [-0.25, -0.2) is 0 Å². The molecule has 2 unspecified atom stereocenters. The smallest absolute Gasteiger partial charge is 0.220 e. The Morgan fingerprint density at radius 1 is 1.27 bits per heavy atom. The van der Waals surface area contributed by atoms with E-state index in [2.05, 4.69) is 17.3 Å². The number of nitrogen functional groups attached to an aromatic ring is 1. The molecule has 1 aromatic carbocycles. The number of aryl methyl sites for hydroxylation is 1. The first-order chi connectivity index (χ1) is 10.6. The summed E-state index contributed by atoms with van der Waals surface area (Å²) in [6.45, 7) is 0. The van der Waals surface area contributed by atoms with Crippen molar-refractivity contribution in [2.75, 3.05) is 12.8 Å². The molecule has 22 heavy (non-hydrogen) atoms. The average Bonchev–Trinajstić information content (AvgIpc) is 2.47. The van der Waals surface area contributed by atoms with Gasteiger partial charge in [0.25, 0.3) is 0 Å². The van der Waals surface area contributed by atoms with Gasteiger partial charge in [0.1, 0.15) is 0 Å². The van der Waals surface area contributed by atoms with Crippen LogP contribution in [0.2, 0.25) is 0 Å². The highest BCUT2D eigenvalue weighted by atomic mass is 16.1. The summed E-state index contributed by atoms with van der Waals surface area (Å²) >= 11 is 0. The Hall–Kier alpha value is -1.55. The molecule has 2 heterocycles. The molecular formula is C18H27N3O. The van der Waals surface area contributed by atoms with Crippen LogP contribution in [0, 0.1) is 0 Å². The summed E-state index contributed by atoms with van der Waals surface area (Å²) in [5.74, 6) is 0.163. The Morgan fingerprint density at radius 2 is 1.95 bits per heavy atom. The van der Waals surface area contributed by atoms with Gasteiger partial charge in [-0.3, -0.25) is 4.79 Å². The molecule has 120 valence electrons. The maximum Gasteiger partial charge on any atom is 0.220 e. The summed E-state index contributed by atoms with van der Waals surface area (Å²) in [6.07, 6.45) is 7.35. The van der Waals surface area contributed by atoms with Crippen LogP contribution in [0.1, 0.15) is 44.1 Å². The molecule has 2 bridgehead atoms. The van der Waals surface area contributed by atoms with Gasteiger partial charge in [0, 0.05) is 30.2 Å². The summed E-state index contributed by atoms with van der Waals surface area (Å²) in [4.78, 5) is 14.8. The number of rotatable bonds is 4. The van der Waals surface area contributed by atoms with Gasteiger partial charge in [-0.15, -0.1) is 0 Å². The van der Waals surface area contributed by atoms with Gasteiger partial charge < -0.3 is 16.0 Å². The normalized spacial score (nSPS) is 28.3. The van der Waals surface area contributed by atoms with E-state index in [1.165, 1.54) is 19.3 Å². The van der Waals surface area contributed by atoms with E-state index in [-0.39, 0.29) is 5.91 Å². The highest BCUT2D eigenvalue weighted by Gasteiger charge is 2.36. The molecule has 3 rings (SSSR count). The van der Waals surface area contributed by atoms with Crippen LogP contribution in [0.3, 0.4) is 0 Å². The third kappa shape index (κ3) is 3.43. The lowest BCUT2D eigenvalue weighted by Crippen LogP contribution is -2.55. The molecule has 0 saturated carbocycles. The number of carbonyl (C=O) groups excluding carboxylic acids is 1. The molecule has 0 radical (unpaired) electrons. The first-order valence-electron chi connectivity index (χ1n) is 8.48. The molecular weight excluding hydrogens is 274 g/mol. The molecule has 3 N–H and O–H groups in total. The maximum absolute atomic E-state index is 12.2. The van der Waals surface area contributed by atoms with Gasteiger partial charge in [0.05, 0.1) is 0 Å². The van der Waals surface area contributed by atoms with Crippen molar-refractivity contribution >= 4 is 11.6 Å². The van der Waals surface area contributed by atoms with Crippen molar-refractivity contribution in [2.45, 2.75) is 63.1 Å². The minimum Gasteiger partial charge on any atom is -0.399 e. The van der Waals surface area contributed by atoms with E-state index in [0.29, 0.717) is 24.5 Å². The number of hydrogen-bond donors (Lipinski definition) is 2. The fourth-order valence-corrected chi connectivity index (χ4v) is 4.04. The number of para-hydroxylation sites is 1. The van der Waals surface area contributed by atoms with Crippen LogP contribution in [-0.2, 0) is 11.2 Å². The predicted octanol–water partition coefficient (Wildman–Crippen LogP) is 2.33. The Morgan fingerprint density at radius 3 is 2.64 bits per heavy atom. The largest absolute Gasteiger partial charge is 0.399 e. The zero-order valence-electron chi connectivity index (χ0n) is 13.4. The Kier molecular flexibility index (Phi) is 4.67. The zero-order chi connectivity index (χ0) is 15.5. The van der Waals surface area contributed by atoms with Gasteiger partial charge in [0.2, 0.25) is 5.91 Å². The van der Waals surface area contributed by atoms with E-state index in [1.54, 1.807) is 0 Å². The summed E-state index contributed by atoms with van der Waals surface area (Å²) in [7, 11) is 2.24. The number of anilines is 1. The molecule has 0 spiro atoms. The molecule has 2 saturated heterocycles. The summed E-state index contributed by atoms with van der Waals surface area (Å²) in [5.41, 5.74) is 7.78. The topological polar surface area (TPSA) is 58.4 Å². The summed E-state index contributed by atoms with van der Waals surface area (Å²) in [5, 5.41) is 3.25. The van der Waals surface area contributed by atoms with E-state index < -0.39 is 0 Å². The number of carbonyl (C=O) groups is 1. The number of hydrogen-bond acceptors (Lipinski definition) is 3. The summed E-state index contributed by atoms with van der Waals surface area (Å²) < 4.78 is 0. The van der Waals surface area contributed by atoms with Crippen LogP contribution in [0.15, 0.2) is 24.3 Å². The van der Waals surface area contributed by atoms with Crippen molar-refractivity contribution in [3.63, 3.8) is 0 Å². The molecule has 2 atom stereocenters. The monoisotopic (exact) mass is 301 g/mol. The molecule has 2 fully saturated rings. The van der Waals surface area contributed by atoms with E-state index in [0.717, 1.165) is 30.5 Å². The molecule has 2 aliphatic rings. The fraction of sp³-hybridized carbons (Fsp3) is 0.611. The fourth-order valence-electron chi connectivity index (χ4n) is 4.04. The molecule has 0 aromatic heterocycles. The number of nitrogens with one attached hydrogen (secondary N) is 1. The van der Waals surface area contributed by atoms with Crippen molar-refractivity contribution in [3.8, 4) is 0 Å². The molecule has 2 aliphatic heterocycles. The lowest BCUT2D eigenvalue weighted by molar-refractivity contribution is -0.122. The molecule has 0 aliphatic carbocycles. The van der Waals surface area contributed by atoms with E-state index in [4.69, 9.17) is 5.73 Å². The third-order valence-corrected chi connectivity index (χ3v) is 5.38. The van der Waals surface area contributed by atoms with Gasteiger partial charge in [-0.1, -0.05) is 24.6 Å². The molecule has 1 amide bonds. The van der Waals surface area contributed by atoms with Crippen molar-refractivity contribution in [1.29, 1.82) is 0 Å². The molecule has 4 nitrogen and oxygen atoms in total. The molecule has 4 heteroatoms. The lowest BCUT2D eigenvalue weighted by atomic mass is 9.82. The first-order valence-corrected chi connectivity index (χ1v) is 8.48. The number of amides is 1. The Balaban J connectivity index is 1.49. The minimum absolute atomic E-state index is 0.163. The summed E-state index contributed by atoms with van der Waals surface area (Å²) in [6, 6.07) is 9.46. The van der Waals surface area contributed by atoms with Crippen LogP contribution in [0.5, 0.6) is 0 Å². The predicted molar refractivity (Wildman–Crippen MR) is 89.5 cm³/mol. The van der Waals surface area contributed by atoms with E-state index in [9.17, 15) is 4.79 Å². The Labute approximate surface area is 133 Å². The van der Waals surface area contributed by atoms with Crippen molar-refractivity contribution in [2.24, 2.45) is 0 Å². The van der Waals surface area contributed by atoms with Crippen molar-refractivity contribution < 1.29 is 4.79 Å². The second-order valence-corrected chi connectivity index (χ2v) is 6.84. The number of nitrogens with two attached hydrogens (primary N) is 1. The van der Waals surface area contributed by atoms with Gasteiger partial charge in [-0.05, 0) is 50.8 Å². The van der Waals surface area contributed by atoms with Crippen LogP contribution >= 0.6 is 0 Å². The first kappa shape index (κ1) is 15.3.